The zero-order chi connectivity index (χ0) is 13.4. The summed E-state index contributed by atoms with van der Waals surface area (Å²) in [5.74, 6) is 10.2. The fourth-order valence-corrected chi connectivity index (χ4v) is 1.18. The summed E-state index contributed by atoms with van der Waals surface area (Å²) in [6, 6.07) is 1.60. The molecule has 1 heterocycles. The maximum Gasteiger partial charge on any atom is 0.266 e. The largest absolute Gasteiger partial charge is 0.355 e. The minimum Gasteiger partial charge on any atom is -0.355 e. The van der Waals surface area contributed by atoms with Crippen LogP contribution in [0.25, 0.3) is 0 Å². The number of hydrogen-bond acceptors (Lipinski definition) is 4. The van der Waals surface area contributed by atoms with Crippen LogP contribution in [0.2, 0.25) is 0 Å². The molecule has 94 valence electrons. The lowest BCUT2D eigenvalue weighted by Gasteiger charge is -1.98. The van der Waals surface area contributed by atoms with Crippen molar-refractivity contribution in [1.82, 2.24) is 15.7 Å². The van der Waals surface area contributed by atoms with Gasteiger partial charge in [-0.3, -0.25) is 20.0 Å². The Balaban J connectivity index is 2.59. The van der Waals surface area contributed by atoms with E-state index in [2.05, 4.69) is 22.1 Å². The van der Waals surface area contributed by atoms with E-state index in [1.54, 1.807) is 12.3 Å². The topological polar surface area (TPSA) is 97.1 Å². The van der Waals surface area contributed by atoms with Gasteiger partial charge in [-0.2, -0.15) is 0 Å². The van der Waals surface area contributed by atoms with Gasteiger partial charge in [0, 0.05) is 37.8 Å². The van der Waals surface area contributed by atoms with Crippen molar-refractivity contribution in [3.05, 3.63) is 29.6 Å². The second-order valence-electron chi connectivity index (χ2n) is 3.47. The Kier molecular flexibility index (Phi) is 5.35. The zero-order valence-corrected chi connectivity index (χ0v) is 9.99. The molecular weight excluding hydrogens is 232 g/mol. The van der Waals surface area contributed by atoms with Crippen molar-refractivity contribution in [2.45, 2.75) is 13.3 Å². The molecule has 0 fully saturated rings. The first-order chi connectivity index (χ1) is 8.63. The summed E-state index contributed by atoms with van der Waals surface area (Å²) in [6.45, 7) is 1.95. The van der Waals surface area contributed by atoms with Gasteiger partial charge >= 0.3 is 0 Å². The molecule has 4 N–H and O–H groups in total. The molecule has 0 saturated heterocycles. The summed E-state index contributed by atoms with van der Waals surface area (Å²) < 4.78 is 0. The van der Waals surface area contributed by atoms with Gasteiger partial charge in [0.25, 0.3) is 5.91 Å². The number of hydrazine groups is 1. The van der Waals surface area contributed by atoms with Crippen molar-refractivity contribution in [2.75, 3.05) is 6.54 Å². The average Bonchev–Trinajstić information content (AvgIpc) is 2.37. The molecule has 1 rings (SSSR count). The maximum atomic E-state index is 11.2. The molecule has 0 aromatic carbocycles. The number of nitrogens with two attached hydrogens (primary N) is 1. The van der Waals surface area contributed by atoms with Crippen LogP contribution in [0, 0.1) is 11.8 Å². The van der Waals surface area contributed by atoms with Crippen LogP contribution in [0.5, 0.6) is 0 Å². The number of aromatic nitrogens is 1. The van der Waals surface area contributed by atoms with E-state index in [9.17, 15) is 9.59 Å². The molecule has 0 saturated carbocycles. The number of carbonyl (C=O) groups is 2. The lowest BCUT2D eigenvalue weighted by molar-refractivity contribution is -0.118. The average molecular weight is 246 g/mol. The van der Waals surface area contributed by atoms with Gasteiger partial charge in [-0.1, -0.05) is 11.8 Å². The van der Waals surface area contributed by atoms with Crippen LogP contribution in [0.3, 0.4) is 0 Å². The Labute approximate surface area is 105 Å². The van der Waals surface area contributed by atoms with E-state index in [-0.39, 0.29) is 5.91 Å². The van der Waals surface area contributed by atoms with Crippen LogP contribution < -0.4 is 16.6 Å². The second-order valence-corrected chi connectivity index (χ2v) is 3.47. The minimum absolute atomic E-state index is 0.0833. The molecule has 0 unspecified atom stereocenters. The molecule has 2 amide bonds. The first kappa shape index (κ1) is 13.7. The quantitative estimate of drug-likeness (QED) is 0.221. The van der Waals surface area contributed by atoms with E-state index in [1.165, 1.54) is 13.1 Å². The lowest BCUT2D eigenvalue weighted by Crippen LogP contribution is -2.30. The molecular formula is C12H14N4O2. The van der Waals surface area contributed by atoms with E-state index in [1.807, 2.05) is 5.43 Å². The molecule has 18 heavy (non-hydrogen) atoms. The Hall–Kier alpha value is -2.39. The molecule has 0 spiro atoms. The van der Waals surface area contributed by atoms with Crippen molar-refractivity contribution in [3.63, 3.8) is 0 Å². The first-order valence-electron chi connectivity index (χ1n) is 5.33. The summed E-state index contributed by atoms with van der Waals surface area (Å²) in [6.07, 6.45) is 3.50. The highest BCUT2D eigenvalue weighted by atomic mass is 16.2. The Bertz CT molecular complexity index is 502. The van der Waals surface area contributed by atoms with Crippen molar-refractivity contribution < 1.29 is 9.59 Å². The van der Waals surface area contributed by atoms with Crippen LogP contribution in [-0.4, -0.2) is 23.3 Å². The van der Waals surface area contributed by atoms with Crippen LogP contribution in [0.15, 0.2) is 18.5 Å². The summed E-state index contributed by atoms with van der Waals surface area (Å²) in [5, 5.41) is 2.63. The predicted octanol–water partition coefficient (Wildman–Crippen LogP) is -0.437. The normalized spacial score (nSPS) is 9.00. The lowest BCUT2D eigenvalue weighted by atomic mass is 10.2. The van der Waals surface area contributed by atoms with Crippen molar-refractivity contribution in [1.29, 1.82) is 0 Å². The fourth-order valence-electron chi connectivity index (χ4n) is 1.18. The van der Waals surface area contributed by atoms with Gasteiger partial charge in [-0.25, -0.2) is 5.84 Å². The van der Waals surface area contributed by atoms with E-state index in [0.717, 1.165) is 0 Å². The maximum absolute atomic E-state index is 11.2. The summed E-state index contributed by atoms with van der Waals surface area (Å²) in [5.41, 5.74) is 3.00. The molecule has 0 aliphatic heterocycles. The van der Waals surface area contributed by atoms with E-state index < -0.39 is 5.91 Å². The number of hydrogen-bond donors (Lipinski definition) is 3. The number of nitrogens with zero attached hydrogens (tertiary/aromatic N) is 1. The third-order valence-electron chi connectivity index (χ3n) is 1.99. The molecule has 1 aromatic rings. The molecule has 0 radical (unpaired) electrons. The van der Waals surface area contributed by atoms with Gasteiger partial charge in [-0.05, 0) is 6.07 Å². The SMILES string of the molecule is CC(=O)NCCC#Cc1cncc(C(=O)NN)c1. The predicted molar refractivity (Wildman–Crippen MR) is 66.1 cm³/mol. The van der Waals surface area contributed by atoms with Gasteiger partial charge in [0.2, 0.25) is 5.91 Å². The fraction of sp³-hybridized carbons (Fsp3) is 0.250. The minimum atomic E-state index is -0.413. The third-order valence-corrected chi connectivity index (χ3v) is 1.99. The zero-order valence-electron chi connectivity index (χ0n) is 9.99. The summed E-state index contributed by atoms with van der Waals surface area (Å²) in [4.78, 5) is 25.7. The van der Waals surface area contributed by atoms with E-state index in [0.29, 0.717) is 24.1 Å². The highest BCUT2D eigenvalue weighted by molar-refractivity contribution is 5.93. The Morgan fingerprint density at radius 1 is 1.44 bits per heavy atom. The van der Waals surface area contributed by atoms with E-state index in [4.69, 9.17) is 5.84 Å². The van der Waals surface area contributed by atoms with Crippen LogP contribution in [0.4, 0.5) is 0 Å². The van der Waals surface area contributed by atoms with Gasteiger partial charge in [0.15, 0.2) is 0 Å². The molecule has 1 aromatic heterocycles. The van der Waals surface area contributed by atoms with Crippen molar-refractivity contribution in [2.24, 2.45) is 5.84 Å². The smallest absolute Gasteiger partial charge is 0.266 e. The summed E-state index contributed by atoms with van der Waals surface area (Å²) >= 11 is 0. The molecule has 0 atom stereocenters. The number of amides is 2. The standard InChI is InChI=1S/C12H14N4O2/c1-9(17)15-5-3-2-4-10-6-11(8-14-7-10)12(18)16-13/h6-8H,3,5,13H2,1H3,(H,15,17)(H,16,18). The molecule has 0 aliphatic rings. The van der Waals surface area contributed by atoms with Crippen LogP contribution in [-0.2, 0) is 4.79 Å². The Morgan fingerprint density at radius 2 is 2.22 bits per heavy atom. The highest BCUT2D eigenvalue weighted by Gasteiger charge is 2.03. The third kappa shape index (κ3) is 4.63. The number of nitrogens with one attached hydrogen (secondary N) is 2. The number of pyridine rings is 1. The first-order valence-corrected chi connectivity index (χ1v) is 5.33. The number of rotatable bonds is 3. The van der Waals surface area contributed by atoms with Gasteiger partial charge < -0.3 is 5.32 Å². The number of carbonyl (C=O) groups excluding carboxylic acids is 2. The van der Waals surface area contributed by atoms with Crippen LogP contribution in [0.1, 0.15) is 29.3 Å². The van der Waals surface area contributed by atoms with Gasteiger partial charge in [-0.15, -0.1) is 0 Å². The Morgan fingerprint density at radius 3 is 2.89 bits per heavy atom. The van der Waals surface area contributed by atoms with Crippen molar-refractivity contribution >= 4 is 11.8 Å². The second kappa shape index (κ2) is 7.04. The van der Waals surface area contributed by atoms with Crippen LogP contribution >= 0.6 is 0 Å². The molecule has 0 aliphatic carbocycles. The van der Waals surface area contributed by atoms with Crippen molar-refractivity contribution in [3.8, 4) is 11.8 Å². The van der Waals surface area contributed by atoms with E-state index >= 15 is 0 Å². The molecule has 6 nitrogen and oxygen atoms in total. The molecule has 6 heteroatoms. The number of nitrogen functional groups attached to an aromatic ring is 1. The van der Waals surface area contributed by atoms with Gasteiger partial charge in [0.05, 0.1) is 5.56 Å². The monoisotopic (exact) mass is 246 g/mol. The van der Waals surface area contributed by atoms with Gasteiger partial charge in [0.1, 0.15) is 0 Å². The summed E-state index contributed by atoms with van der Waals surface area (Å²) in [7, 11) is 0. The molecule has 0 bridgehead atoms. The highest BCUT2D eigenvalue weighted by Crippen LogP contribution is 2.00.